The molecule has 0 spiro atoms. The van der Waals surface area contributed by atoms with E-state index in [0.29, 0.717) is 12.5 Å². The summed E-state index contributed by atoms with van der Waals surface area (Å²) in [6.07, 6.45) is 8.57. The maximum Gasteiger partial charge on any atom is 0.228 e. The Balaban J connectivity index is 1.53. The van der Waals surface area contributed by atoms with Gasteiger partial charge in [-0.2, -0.15) is 0 Å². The van der Waals surface area contributed by atoms with E-state index >= 15 is 0 Å². The van der Waals surface area contributed by atoms with Crippen molar-refractivity contribution in [1.29, 1.82) is 0 Å². The van der Waals surface area contributed by atoms with Crippen LogP contribution in [-0.2, 0) is 11.2 Å². The summed E-state index contributed by atoms with van der Waals surface area (Å²) in [5.74, 6) is 0.210. The molecule has 0 unspecified atom stereocenters. The number of amides is 1. The maximum absolute atomic E-state index is 12.8. The van der Waals surface area contributed by atoms with Crippen LogP contribution >= 0.6 is 11.3 Å². The fourth-order valence-corrected chi connectivity index (χ4v) is 4.64. The van der Waals surface area contributed by atoms with Crippen LogP contribution in [0.25, 0.3) is 16.2 Å². The number of benzene rings is 1. The van der Waals surface area contributed by atoms with Crippen molar-refractivity contribution in [3.8, 4) is 11.3 Å². The zero-order valence-electron chi connectivity index (χ0n) is 15.4. The molecule has 1 saturated carbocycles. The average molecular weight is 368 g/mol. The first-order valence-electron chi connectivity index (χ1n) is 9.40. The van der Waals surface area contributed by atoms with Crippen molar-refractivity contribution in [2.24, 2.45) is 0 Å². The minimum absolute atomic E-state index is 0.210. The molecule has 4 nitrogen and oxygen atoms in total. The van der Waals surface area contributed by atoms with Crippen molar-refractivity contribution in [2.75, 3.05) is 7.05 Å². The Kier molecular flexibility index (Phi) is 4.81. The molecule has 1 amide bonds. The van der Waals surface area contributed by atoms with E-state index in [0.717, 1.165) is 34.8 Å². The van der Waals surface area contributed by atoms with E-state index < -0.39 is 0 Å². The van der Waals surface area contributed by atoms with Crippen molar-refractivity contribution in [1.82, 2.24) is 14.3 Å². The van der Waals surface area contributed by atoms with Crippen molar-refractivity contribution in [3.63, 3.8) is 0 Å². The van der Waals surface area contributed by atoms with E-state index in [4.69, 9.17) is 4.98 Å². The summed E-state index contributed by atoms with van der Waals surface area (Å²) >= 11 is 1.60. The normalized spacial score (nSPS) is 15.5. The number of hydrogen-bond acceptors (Lipinski definition) is 3. The number of likely N-dealkylation sites (N-methyl/N-ethyl adjacent to an activating group) is 1. The number of fused-ring (bicyclic) bond motifs is 1. The minimum atomic E-state index is 0.210. The molecule has 26 heavy (non-hydrogen) atoms. The largest absolute Gasteiger partial charge is 0.342 e. The summed E-state index contributed by atoms with van der Waals surface area (Å²) in [6.45, 7) is 2.09. The number of rotatable bonds is 4. The van der Waals surface area contributed by atoms with Gasteiger partial charge in [-0.05, 0) is 19.8 Å². The molecule has 0 radical (unpaired) electrons. The molecule has 136 valence electrons. The Morgan fingerprint density at radius 3 is 2.69 bits per heavy atom. The van der Waals surface area contributed by atoms with E-state index in [1.165, 1.54) is 24.8 Å². The van der Waals surface area contributed by atoms with Gasteiger partial charge >= 0.3 is 0 Å². The zero-order valence-corrected chi connectivity index (χ0v) is 16.3. The molecule has 0 saturated heterocycles. The van der Waals surface area contributed by atoms with Gasteiger partial charge in [-0.1, -0.05) is 49.1 Å². The molecule has 0 bridgehead atoms. The standard InChI is InChI=1S/C21H25N3OS/c1-15-8-10-16(11-9-15)19-13-24-18(14-26-21(24)22-19)12-20(25)23(2)17-6-4-3-5-7-17/h8-11,13-14,17H,3-7,12H2,1-2H3. The van der Waals surface area contributed by atoms with E-state index in [1.807, 2.05) is 11.9 Å². The second kappa shape index (κ2) is 7.23. The van der Waals surface area contributed by atoms with E-state index in [-0.39, 0.29) is 5.91 Å². The molecule has 0 N–H and O–H groups in total. The van der Waals surface area contributed by atoms with E-state index in [9.17, 15) is 4.79 Å². The highest BCUT2D eigenvalue weighted by atomic mass is 32.1. The Hall–Kier alpha value is -2.14. The third-order valence-electron chi connectivity index (χ3n) is 5.48. The molecular weight excluding hydrogens is 342 g/mol. The highest BCUT2D eigenvalue weighted by molar-refractivity contribution is 7.15. The number of thiazole rings is 1. The molecule has 2 heterocycles. The van der Waals surface area contributed by atoms with Gasteiger partial charge in [0.05, 0.1) is 12.1 Å². The van der Waals surface area contributed by atoms with Gasteiger partial charge in [-0.15, -0.1) is 11.3 Å². The van der Waals surface area contributed by atoms with Crippen LogP contribution in [0.5, 0.6) is 0 Å². The SMILES string of the molecule is Cc1ccc(-c2cn3c(CC(=O)N(C)C4CCCCC4)csc3n2)cc1. The molecule has 1 aliphatic rings. The number of imidazole rings is 1. The lowest BCUT2D eigenvalue weighted by molar-refractivity contribution is -0.131. The quantitative estimate of drug-likeness (QED) is 0.670. The van der Waals surface area contributed by atoms with Crippen molar-refractivity contribution in [2.45, 2.75) is 51.5 Å². The van der Waals surface area contributed by atoms with Crippen molar-refractivity contribution in [3.05, 3.63) is 47.1 Å². The fraction of sp³-hybridized carbons (Fsp3) is 0.429. The Morgan fingerprint density at radius 1 is 1.23 bits per heavy atom. The minimum Gasteiger partial charge on any atom is -0.342 e. The van der Waals surface area contributed by atoms with Gasteiger partial charge in [0.25, 0.3) is 0 Å². The first-order valence-corrected chi connectivity index (χ1v) is 10.3. The van der Waals surface area contributed by atoms with Gasteiger partial charge in [0, 0.05) is 35.9 Å². The number of carbonyl (C=O) groups is 1. The summed E-state index contributed by atoms with van der Waals surface area (Å²) in [5.41, 5.74) is 4.35. The van der Waals surface area contributed by atoms with Gasteiger partial charge in [0.1, 0.15) is 0 Å². The van der Waals surface area contributed by atoms with Gasteiger partial charge < -0.3 is 4.90 Å². The van der Waals surface area contributed by atoms with Crippen LogP contribution < -0.4 is 0 Å². The van der Waals surface area contributed by atoms with Crippen LogP contribution in [0.4, 0.5) is 0 Å². The van der Waals surface area contributed by atoms with Crippen LogP contribution in [0, 0.1) is 6.92 Å². The lowest BCUT2D eigenvalue weighted by Crippen LogP contribution is -2.39. The molecule has 4 rings (SSSR count). The summed E-state index contributed by atoms with van der Waals surface area (Å²) in [4.78, 5) is 20.4. The Morgan fingerprint density at radius 2 is 1.96 bits per heavy atom. The number of aryl methyl sites for hydroxylation is 1. The Labute approximate surface area is 158 Å². The lowest BCUT2D eigenvalue weighted by atomic mass is 9.94. The topological polar surface area (TPSA) is 37.6 Å². The molecular formula is C21H25N3OS. The molecule has 1 fully saturated rings. The third kappa shape index (κ3) is 3.40. The van der Waals surface area contributed by atoms with Crippen molar-refractivity contribution < 1.29 is 4.79 Å². The lowest BCUT2D eigenvalue weighted by Gasteiger charge is -2.31. The smallest absolute Gasteiger partial charge is 0.228 e. The zero-order chi connectivity index (χ0) is 18.1. The molecule has 1 aliphatic carbocycles. The molecule has 0 aliphatic heterocycles. The van der Waals surface area contributed by atoms with Crippen LogP contribution in [0.3, 0.4) is 0 Å². The molecule has 1 aromatic carbocycles. The number of hydrogen-bond donors (Lipinski definition) is 0. The van der Waals surface area contributed by atoms with Crippen LogP contribution in [0.1, 0.15) is 43.4 Å². The highest BCUT2D eigenvalue weighted by Crippen LogP contribution is 2.26. The predicted octanol–water partition coefficient (Wildman–Crippen LogP) is 4.70. The monoisotopic (exact) mass is 367 g/mol. The van der Waals surface area contributed by atoms with Crippen LogP contribution in [0.2, 0.25) is 0 Å². The van der Waals surface area contributed by atoms with E-state index in [2.05, 4.69) is 47.2 Å². The van der Waals surface area contributed by atoms with Crippen LogP contribution in [-0.4, -0.2) is 33.3 Å². The molecule has 2 aromatic heterocycles. The van der Waals surface area contributed by atoms with Gasteiger partial charge in [0.2, 0.25) is 5.91 Å². The summed E-state index contributed by atoms with van der Waals surface area (Å²) in [6, 6.07) is 8.82. The van der Waals surface area contributed by atoms with E-state index in [1.54, 1.807) is 11.3 Å². The van der Waals surface area contributed by atoms with Gasteiger partial charge in [-0.25, -0.2) is 4.98 Å². The number of nitrogens with zero attached hydrogens (tertiary/aromatic N) is 3. The molecule has 5 heteroatoms. The average Bonchev–Trinajstić information content (AvgIpc) is 3.24. The summed E-state index contributed by atoms with van der Waals surface area (Å²) in [5, 5.41) is 2.06. The number of carbonyl (C=O) groups excluding carboxylic acids is 1. The third-order valence-corrected chi connectivity index (χ3v) is 6.37. The molecule has 0 atom stereocenters. The first-order chi connectivity index (χ1) is 12.6. The van der Waals surface area contributed by atoms with Crippen LogP contribution in [0.15, 0.2) is 35.8 Å². The predicted molar refractivity (Wildman–Crippen MR) is 107 cm³/mol. The first kappa shape index (κ1) is 17.3. The summed E-state index contributed by atoms with van der Waals surface area (Å²) < 4.78 is 2.08. The van der Waals surface area contributed by atoms with Gasteiger partial charge in [0.15, 0.2) is 4.96 Å². The van der Waals surface area contributed by atoms with Gasteiger partial charge in [-0.3, -0.25) is 9.20 Å². The molecule has 3 aromatic rings. The second-order valence-corrected chi connectivity index (χ2v) is 8.18. The maximum atomic E-state index is 12.8. The fourth-order valence-electron chi connectivity index (χ4n) is 3.77. The number of aromatic nitrogens is 2. The summed E-state index contributed by atoms with van der Waals surface area (Å²) in [7, 11) is 1.97. The van der Waals surface area contributed by atoms with Crippen molar-refractivity contribution >= 4 is 22.2 Å². The Bertz CT molecular complexity index is 903. The second-order valence-electron chi connectivity index (χ2n) is 7.35. The highest BCUT2D eigenvalue weighted by Gasteiger charge is 2.23.